The molecule has 122 valence electrons. The van der Waals surface area contributed by atoms with Crippen molar-refractivity contribution in [1.82, 2.24) is 0 Å². The zero-order valence-electron chi connectivity index (χ0n) is 13.6. The van der Waals surface area contributed by atoms with E-state index in [1.165, 1.54) is 0 Å². The third-order valence-corrected chi connectivity index (χ3v) is 4.87. The Morgan fingerprint density at radius 2 is 0.950 bits per heavy atom. The Labute approximate surface area is 124 Å². The van der Waals surface area contributed by atoms with Gasteiger partial charge in [0.15, 0.2) is 7.14 Å². The lowest BCUT2D eigenvalue weighted by atomic mass is 10.4. The van der Waals surface area contributed by atoms with Crippen LogP contribution >= 0.6 is 7.14 Å². The number of hydrogen-bond donors (Lipinski definition) is 0. The molecule has 4 nitrogen and oxygen atoms in total. The van der Waals surface area contributed by atoms with Gasteiger partial charge in [-0.2, -0.15) is 0 Å². The van der Waals surface area contributed by atoms with Gasteiger partial charge in [0.2, 0.25) is 0 Å². The molecule has 0 spiro atoms. The van der Waals surface area contributed by atoms with E-state index in [9.17, 15) is 4.57 Å². The molecule has 0 aliphatic carbocycles. The molecule has 0 aromatic rings. The first kappa shape index (κ1) is 20.1. The SMILES string of the molecule is CCCCOCP(=O)(COCCCC)COCCCC. The van der Waals surface area contributed by atoms with E-state index in [-0.39, 0.29) is 19.0 Å². The van der Waals surface area contributed by atoms with Crippen LogP contribution < -0.4 is 0 Å². The fraction of sp³-hybridized carbons (Fsp3) is 1.00. The average Bonchev–Trinajstić information content (AvgIpc) is 2.45. The first-order chi connectivity index (χ1) is 9.68. The molecule has 0 N–H and O–H groups in total. The van der Waals surface area contributed by atoms with E-state index in [1.807, 2.05) is 0 Å². The Balaban J connectivity index is 4.02. The molecule has 0 unspecified atom stereocenters. The molecule has 0 rings (SSSR count). The van der Waals surface area contributed by atoms with E-state index in [0.29, 0.717) is 19.8 Å². The number of unbranched alkanes of at least 4 members (excludes halogenated alkanes) is 3. The van der Waals surface area contributed by atoms with Crippen molar-refractivity contribution in [1.29, 1.82) is 0 Å². The van der Waals surface area contributed by atoms with Crippen molar-refractivity contribution in [3.05, 3.63) is 0 Å². The van der Waals surface area contributed by atoms with Gasteiger partial charge in [-0.05, 0) is 19.3 Å². The minimum atomic E-state index is -2.51. The molecule has 0 aromatic heterocycles. The highest BCUT2D eigenvalue weighted by atomic mass is 31.2. The highest BCUT2D eigenvalue weighted by molar-refractivity contribution is 7.63. The molecule has 0 fully saturated rings. The summed E-state index contributed by atoms with van der Waals surface area (Å²) in [5.41, 5.74) is 0. The van der Waals surface area contributed by atoms with Crippen molar-refractivity contribution < 1.29 is 18.8 Å². The molecule has 0 aliphatic heterocycles. The summed E-state index contributed by atoms with van der Waals surface area (Å²) in [5, 5.41) is 0. The van der Waals surface area contributed by atoms with Crippen molar-refractivity contribution in [2.45, 2.75) is 59.3 Å². The van der Waals surface area contributed by atoms with E-state index >= 15 is 0 Å². The fourth-order valence-corrected chi connectivity index (χ4v) is 3.15. The van der Waals surface area contributed by atoms with Crippen molar-refractivity contribution in [3.63, 3.8) is 0 Å². The Morgan fingerprint density at radius 1 is 0.650 bits per heavy atom. The fourth-order valence-electron chi connectivity index (χ4n) is 1.54. The molecule has 0 radical (unpaired) electrons. The van der Waals surface area contributed by atoms with Crippen LogP contribution in [0.1, 0.15) is 59.3 Å². The van der Waals surface area contributed by atoms with Crippen LogP contribution in [0.4, 0.5) is 0 Å². The summed E-state index contributed by atoms with van der Waals surface area (Å²) in [5.74, 6) is 0. The number of rotatable bonds is 15. The normalized spacial score (nSPS) is 11.9. The summed E-state index contributed by atoms with van der Waals surface area (Å²) in [6.45, 7) is 8.36. The van der Waals surface area contributed by atoms with Gasteiger partial charge in [-0.15, -0.1) is 0 Å². The van der Waals surface area contributed by atoms with E-state index < -0.39 is 7.14 Å². The Hall–Kier alpha value is 0.110. The van der Waals surface area contributed by atoms with Crippen LogP contribution in [0.3, 0.4) is 0 Å². The smallest absolute Gasteiger partial charge is 0.160 e. The Bertz CT molecular complexity index is 208. The van der Waals surface area contributed by atoms with Gasteiger partial charge in [-0.3, -0.25) is 0 Å². The largest absolute Gasteiger partial charge is 0.374 e. The molecular formula is C15H33O4P. The third kappa shape index (κ3) is 11.9. The Kier molecular flexibility index (Phi) is 14.1. The van der Waals surface area contributed by atoms with Gasteiger partial charge in [0.05, 0.1) is 0 Å². The summed E-state index contributed by atoms with van der Waals surface area (Å²) in [7, 11) is -2.51. The second-order valence-corrected chi connectivity index (χ2v) is 8.12. The monoisotopic (exact) mass is 308 g/mol. The molecular weight excluding hydrogens is 275 g/mol. The molecule has 0 saturated carbocycles. The van der Waals surface area contributed by atoms with Crippen LogP contribution in [0.25, 0.3) is 0 Å². The first-order valence-corrected chi connectivity index (χ1v) is 10.2. The molecule has 0 aliphatic rings. The van der Waals surface area contributed by atoms with Gasteiger partial charge in [0.1, 0.15) is 19.0 Å². The van der Waals surface area contributed by atoms with Crippen molar-refractivity contribution in [2.75, 3.05) is 38.9 Å². The van der Waals surface area contributed by atoms with Gasteiger partial charge in [-0.1, -0.05) is 40.0 Å². The summed E-state index contributed by atoms with van der Waals surface area (Å²) in [6.07, 6.45) is 7.13. The summed E-state index contributed by atoms with van der Waals surface area (Å²) < 4.78 is 29.3. The van der Waals surface area contributed by atoms with Gasteiger partial charge >= 0.3 is 0 Å². The van der Waals surface area contributed by atoms with E-state index in [2.05, 4.69) is 20.8 Å². The first-order valence-electron chi connectivity index (χ1n) is 7.98. The van der Waals surface area contributed by atoms with Gasteiger partial charge in [0.25, 0.3) is 0 Å². The molecule has 20 heavy (non-hydrogen) atoms. The van der Waals surface area contributed by atoms with Crippen LogP contribution in [-0.2, 0) is 18.8 Å². The minimum absolute atomic E-state index is 0.283. The zero-order chi connectivity index (χ0) is 15.1. The van der Waals surface area contributed by atoms with Gasteiger partial charge < -0.3 is 18.8 Å². The van der Waals surface area contributed by atoms with Crippen LogP contribution in [0.5, 0.6) is 0 Å². The van der Waals surface area contributed by atoms with Crippen molar-refractivity contribution in [3.8, 4) is 0 Å². The maximum atomic E-state index is 12.7. The molecule has 0 bridgehead atoms. The average molecular weight is 308 g/mol. The molecule has 5 heteroatoms. The lowest BCUT2D eigenvalue weighted by Gasteiger charge is -2.18. The molecule has 0 amide bonds. The highest BCUT2D eigenvalue weighted by Crippen LogP contribution is 2.45. The van der Waals surface area contributed by atoms with Crippen molar-refractivity contribution >= 4 is 7.14 Å². The highest BCUT2D eigenvalue weighted by Gasteiger charge is 2.23. The quantitative estimate of drug-likeness (QED) is 0.326. The third-order valence-electron chi connectivity index (χ3n) is 2.91. The predicted octanol–water partition coefficient (Wildman–Crippen LogP) is 4.67. The second kappa shape index (κ2) is 14.1. The second-order valence-electron chi connectivity index (χ2n) is 5.23. The van der Waals surface area contributed by atoms with Crippen LogP contribution in [0.2, 0.25) is 0 Å². The standard InChI is InChI=1S/C15H33O4P/c1-4-7-10-17-13-20(16,14-18-11-8-5-2)15-19-12-9-6-3/h4-15H2,1-3H3. The molecule has 0 aromatic carbocycles. The van der Waals surface area contributed by atoms with Crippen LogP contribution in [0, 0.1) is 0 Å². The lowest BCUT2D eigenvalue weighted by molar-refractivity contribution is 0.132. The van der Waals surface area contributed by atoms with E-state index in [4.69, 9.17) is 14.2 Å². The van der Waals surface area contributed by atoms with E-state index in [0.717, 1.165) is 38.5 Å². The van der Waals surface area contributed by atoms with E-state index in [1.54, 1.807) is 0 Å². The predicted molar refractivity (Wildman–Crippen MR) is 84.8 cm³/mol. The van der Waals surface area contributed by atoms with Crippen molar-refractivity contribution in [2.24, 2.45) is 0 Å². The van der Waals surface area contributed by atoms with Crippen LogP contribution in [-0.4, -0.2) is 38.9 Å². The minimum Gasteiger partial charge on any atom is -0.374 e. The summed E-state index contributed by atoms with van der Waals surface area (Å²) >= 11 is 0. The Morgan fingerprint density at radius 3 is 1.20 bits per heavy atom. The van der Waals surface area contributed by atoms with Crippen LogP contribution in [0.15, 0.2) is 0 Å². The maximum Gasteiger partial charge on any atom is 0.160 e. The molecule has 0 atom stereocenters. The summed E-state index contributed by atoms with van der Waals surface area (Å²) in [4.78, 5) is 0. The maximum absolute atomic E-state index is 12.7. The molecule has 0 saturated heterocycles. The lowest BCUT2D eigenvalue weighted by Crippen LogP contribution is -2.10. The van der Waals surface area contributed by atoms with Gasteiger partial charge in [-0.25, -0.2) is 0 Å². The number of ether oxygens (including phenoxy) is 3. The summed E-state index contributed by atoms with van der Waals surface area (Å²) in [6, 6.07) is 0. The molecule has 0 heterocycles. The zero-order valence-corrected chi connectivity index (χ0v) is 14.5. The topological polar surface area (TPSA) is 44.8 Å². The number of hydrogen-bond acceptors (Lipinski definition) is 4. The van der Waals surface area contributed by atoms with Gasteiger partial charge in [0, 0.05) is 19.8 Å².